The summed E-state index contributed by atoms with van der Waals surface area (Å²) in [4.78, 5) is 0. The molecule has 0 nitrogen and oxygen atoms in total. The third-order valence-electron chi connectivity index (χ3n) is 6.49. The second-order valence-electron chi connectivity index (χ2n) is 8.96. The second kappa shape index (κ2) is 10.3. The lowest BCUT2D eigenvalue weighted by Crippen LogP contribution is -2.15. The van der Waals surface area contributed by atoms with Gasteiger partial charge in [0.2, 0.25) is 0 Å². The van der Waals surface area contributed by atoms with Crippen molar-refractivity contribution in [2.75, 3.05) is 0 Å². The molecule has 0 amide bonds. The molecule has 170 valence electrons. The Morgan fingerprint density at radius 2 is 1.50 bits per heavy atom. The maximum absolute atomic E-state index is 14.9. The molecule has 0 radical (unpaired) electrons. The molecule has 0 aliphatic heterocycles. The van der Waals surface area contributed by atoms with Gasteiger partial charge in [-0.15, -0.1) is 0 Å². The molecular weight excluding hydrogens is 412 g/mol. The van der Waals surface area contributed by atoms with Gasteiger partial charge in [-0.2, -0.15) is 0 Å². The molecule has 0 atom stereocenters. The zero-order valence-corrected chi connectivity index (χ0v) is 18.8. The first-order valence-corrected chi connectivity index (χ1v) is 11.1. The Kier molecular flexibility index (Phi) is 7.76. The number of hydrogen-bond acceptors (Lipinski definition) is 0. The van der Waals surface area contributed by atoms with E-state index in [1.54, 1.807) is 24.3 Å². The summed E-state index contributed by atoms with van der Waals surface area (Å²) >= 11 is 0. The average molecular weight is 443 g/mol. The number of aryl methyl sites for hydroxylation is 1. The van der Waals surface area contributed by atoms with Crippen LogP contribution in [0.1, 0.15) is 62.5 Å². The molecule has 1 fully saturated rings. The molecular formula is C28H30F4. The van der Waals surface area contributed by atoms with Gasteiger partial charge in [-0.3, -0.25) is 0 Å². The highest BCUT2D eigenvalue weighted by Gasteiger charge is 2.27. The summed E-state index contributed by atoms with van der Waals surface area (Å²) in [7, 11) is 0. The Bertz CT molecular complexity index is 1020. The number of rotatable bonds is 7. The van der Waals surface area contributed by atoms with Crippen LogP contribution in [0.4, 0.5) is 17.6 Å². The van der Waals surface area contributed by atoms with Crippen molar-refractivity contribution in [1.29, 1.82) is 0 Å². The molecule has 3 rings (SSSR count). The fourth-order valence-electron chi connectivity index (χ4n) is 4.43. The Morgan fingerprint density at radius 3 is 2.09 bits per heavy atom. The lowest BCUT2D eigenvalue weighted by Gasteiger charge is -2.29. The fraction of sp³-hybridized carbons (Fsp3) is 0.357. The van der Waals surface area contributed by atoms with E-state index in [0.717, 1.165) is 31.2 Å². The van der Waals surface area contributed by atoms with Crippen molar-refractivity contribution in [2.45, 2.75) is 58.3 Å². The largest absolute Gasteiger partial charge is 0.203 e. The van der Waals surface area contributed by atoms with Gasteiger partial charge in [-0.05, 0) is 86.5 Å². The Morgan fingerprint density at radius 1 is 0.875 bits per heavy atom. The molecule has 0 saturated heterocycles. The van der Waals surface area contributed by atoms with Gasteiger partial charge in [0.05, 0.1) is 0 Å². The first-order valence-electron chi connectivity index (χ1n) is 11.1. The Balaban J connectivity index is 1.61. The van der Waals surface area contributed by atoms with Gasteiger partial charge in [-0.1, -0.05) is 55.1 Å². The van der Waals surface area contributed by atoms with Gasteiger partial charge in [0.1, 0.15) is 0 Å². The van der Waals surface area contributed by atoms with E-state index < -0.39 is 23.3 Å². The van der Waals surface area contributed by atoms with E-state index in [1.807, 2.05) is 19.1 Å². The molecule has 0 heterocycles. The van der Waals surface area contributed by atoms with Gasteiger partial charge >= 0.3 is 0 Å². The molecule has 1 aliphatic rings. The topological polar surface area (TPSA) is 0 Å². The van der Waals surface area contributed by atoms with Crippen LogP contribution in [0.5, 0.6) is 0 Å². The normalized spacial score (nSPS) is 19.4. The predicted molar refractivity (Wildman–Crippen MR) is 124 cm³/mol. The average Bonchev–Trinajstić information content (AvgIpc) is 2.79. The zero-order chi connectivity index (χ0) is 23.4. The molecule has 0 bridgehead atoms. The van der Waals surface area contributed by atoms with Crippen molar-refractivity contribution in [1.82, 2.24) is 0 Å². The molecule has 1 saturated carbocycles. The second-order valence-corrected chi connectivity index (χ2v) is 8.96. The molecule has 0 N–H and O–H groups in total. The first-order chi connectivity index (χ1) is 15.2. The van der Waals surface area contributed by atoms with E-state index in [-0.39, 0.29) is 22.6 Å². The molecule has 32 heavy (non-hydrogen) atoms. The van der Waals surface area contributed by atoms with E-state index in [0.29, 0.717) is 29.9 Å². The fourth-order valence-corrected chi connectivity index (χ4v) is 4.43. The Hall–Kier alpha value is -2.62. The van der Waals surface area contributed by atoms with Gasteiger partial charge in [0.15, 0.2) is 23.3 Å². The molecule has 1 aliphatic carbocycles. The van der Waals surface area contributed by atoms with Crippen molar-refractivity contribution < 1.29 is 17.6 Å². The molecule has 0 unspecified atom stereocenters. The number of halogens is 4. The quantitative estimate of drug-likeness (QED) is 0.296. The predicted octanol–water partition coefficient (Wildman–Crippen LogP) is 9.28. The smallest absolute Gasteiger partial charge is 0.166 e. The minimum Gasteiger partial charge on any atom is -0.203 e. The van der Waals surface area contributed by atoms with E-state index in [2.05, 4.69) is 13.2 Å². The highest BCUT2D eigenvalue weighted by molar-refractivity contribution is 5.65. The van der Waals surface area contributed by atoms with Gasteiger partial charge in [-0.25, -0.2) is 17.6 Å². The zero-order valence-electron chi connectivity index (χ0n) is 18.8. The van der Waals surface area contributed by atoms with Crippen molar-refractivity contribution in [3.63, 3.8) is 0 Å². The minimum absolute atomic E-state index is 0.0338. The molecule has 0 spiro atoms. The van der Waals surface area contributed by atoms with Crippen molar-refractivity contribution in [3.05, 3.63) is 95.1 Å². The van der Waals surface area contributed by atoms with Crippen LogP contribution >= 0.6 is 0 Å². The van der Waals surface area contributed by atoms with Crippen LogP contribution in [0.15, 0.2) is 72.4 Å². The molecule has 0 aromatic heterocycles. The minimum atomic E-state index is -0.940. The van der Waals surface area contributed by atoms with E-state index in [9.17, 15) is 17.6 Å². The van der Waals surface area contributed by atoms with Crippen LogP contribution in [-0.2, 0) is 0 Å². The highest BCUT2D eigenvalue weighted by atomic mass is 19.2. The van der Waals surface area contributed by atoms with Gasteiger partial charge in [0, 0.05) is 5.56 Å². The Labute approximate surface area is 188 Å². The summed E-state index contributed by atoms with van der Waals surface area (Å²) in [5, 5.41) is 0. The van der Waals surface area contributed by atoms with Crippen LogP contribution in [0.2, 0.25) is 0 Å². The van der Waals surface area contributed by atoms with E-state index >= 15 is 0 Å². The number of allylic oxidation sites excluding steroid dienone is 4. The molecule has 2 aromatic rings. The van der Waals surface area contributed by atoms with Crippen LogP contribution < -0.4 is 0 Å². The summed E-state index contributed by atoms with van der Waals surface area (Å²) in [6.45, 7) is 10.4. The van der Waals surface area contributed by atoms with Crippen LogP contribution in [0.25, 0.3) is 11.1 Å². The summed E-state index contributed by atoms with van der Waals surface area (Å²) in [6, 6.07) is 10.7. The maximum atomic E-state index is 14.9. The third-order valence-corrected chi connectivity index (χ3v) is 6.49. The molecule has 4 heteroatoms. The summed E-state index contributed by atoms with van der Waals surface area (Å²) in [5.74, 6) is -3.12. The van der Waals surface area contributed by atoms with Crippen LogP contribution in [-0.4, -0.2) is 0 Å². The van der Waals surface area contributed by atoms with Crippen LogP contribution in [0.3, 0.4) is 0 Å². The summed E-state index contributed by atoms with van der Waals surface area (Å²) in [6.07, 6.45) is 4.24. The van der Waals surface area contributed by atoms with Crippen molar-refractivity contribution in [2.24, 2.45) is 5.92 Å². The van der Waals surface area contributed by atoms with E-state index in [1.165, 1.54) is 6.92 Å². The number of hydrogen-bond donors (Lipinski definition) is 0. The van der Waals surface area contributed by atoms with Crippen molar-refractivity contribution in [3.8, 4) is 11.1 Å². The van der Waals surface area contributed by atoms with Gasteiger partial charge in [0.25, 0.3) is 0 Å². The maximum Gasteiger partial charge on any atom is 0.166 e. The lowest BCUT2D eigenvalue weighted by atomic mass is 9.76. The van der Waals surface area contributed by atoms with Gasteiger partial charge < -0.3 is 0 Å². The highest BCUT2D eigenvalue weighted by Crippen LogP contribution is 2.41. The first kappa shape index (κ1) is 24.0. The standard InChI is InChI=1S/C28H30F4/c1-17(2)25(29)26(30)19(4)7-8-20-9-13-22(14-10-20)24-16-15-23(27(31)28(24)32)21-11-5-18(3)6-12-21/h5-6,11-12,15-16,20,22H,1,4,7-10,13-14H2,2-3H3/b26-25-. The summed E-state index contributed by atoms with van der Waals surface area (Å²) < 4.78 is 57.4. The van der Waals surface area contributed by atoms with Crippen molar-refractivity contribution >= 4 is 0 Å². The van der Waals surface area contributed by atoms with Crippen LogP contribution in [0, 0.1) is 24.5 Å². The molecule has 2 aromatic carbocycles. The number of benzene rings is 2. The SMILES string of the molecule is C=C(C)/C(F)=C(/F)C(=C)CCC1CCC(c2ccc(-c3ccc(C)cc3)c(F)c2F)CC1. The monoisotopic (exact) mass is 442 g/mol. The third kappa shape index (κ3) is 5.40. The lowest BCUT2D eigenvalue weighted by molar-refractivity contribution is 0.304. The summed E-state index contributed by atoms with van der Waals surface area (Å²) in [5.41, 5.74) is 2.62. The van der Waals surface area contributed by atoms with E-state index in [4.69, 9.17) is 0 Å².